The van der Waals surface area contributed by atoms with Crippen LogP contribution < -0.4 is 16.8 Å². The average Bonchev–Trinajstić information content (AvgIpc) is 2.78. The zero-order chi connectivity index (χ0) is 19.5. The number of likely N-dealkylation sites (tertiary alicyclic amines) is 1. The lowest BCUT2D eigenvalue weighted by atomic mass is 9.94. The highest BCUT2D eigenvalue weighted by atomic mass is 32.1. The van der Waals surface area contributed by atoms with Crippen molar-refractivity contribution in [3.63, 3.8) is 0 Å². The van der Waals surface area contributed by atoms with E-state index in [0.717, 1.165) is 17.7 Å². The Morgan fingerprint density at radius 1 is 1.27 bits per heavy atom. The predicted molar refractivity (Wildman–Crippen MR) is 100 cm³/mol. The predicted octanol–water partition coefficient (Wildman–Crippen LogP) is 2.63. The topological polar surface area (TPSA) is 128 Å². The van der Waals surface area contributed by atoms with Gasteiger partial charge < -0.3 is 26.4 Å². The Balaban J connectivity index is 2.20. The van der Waals surface area contributed by atoms with E-state index in [1.54, 1.807) is 6.07 Å². The third-order valence-corrected chi connectivity index (χ3v) is 5.67. The molecule has 5 N–H and O–H groups in total. The van der Waals surface area contributed by atoms with E-state index in [-0.39, 0.29) is 12.0 Å². The van der Waals surface area contributed by atoms with Crippen LogP contribution in [0, 0.1) is 0 Å². The van der Waals surface area contributed by atoms with Crippen LogP contribution in [0.25, 0.3) is 0 Å². The third kappa shape index (κ3) is 5.10. The molecular weight excluding hydrogens is 356 g/mol. The summed E-state index contributed by atoms with van der Waals surface area (Å²) in [7, 11) is 0. The summed E-state index contributed by atoms with van der Waals surface area (Å²) < 4.78 is 5.62. The molecule has 0 saturated carbocycles. The normalized spacial score (nSPS) is 18.1. The molecule has 9 heteroatoms. The zero-order valence-corrected chi connectivity index (χ0v) is 16.1. The quantitative estimate of drug-likeness (QED) is 0.694. The molecule has 1 fully saturated rings. The van der Waals surface area contributed by atoms with Gasteiger partial charge in [-0.1, -0.05) is 20.8 Å². The van der Waals surface area contributed by atoms with Crippen molar-refractivity contribution in [3.8, 4) is 0 Å². The van der Waals surface area contributed by atoms with E-state index >= 15 is 0 Å². The minimum absolute atomic E-state index is 0.192. The van der Waals surface area contributed by atoms with E-state index in [2.05, 4.69) is 5.32 Å². The fraction of sp³-hybridized carbons (Fsp3) is 0.588. The number of ether oxygens (including phenoxy) is 1. The van der Waals surface area contributed by atoms with Gasteiger partial charge in [-0.25, -0.2) is 14.4 Å². The van der Waals surface area contributed by atoms with Gasteiger partial charge in [0, 0.05) is 11.4 Å². The third-order valence-electron chi connectivity index (χ3n) is 4.13. The van der Waals surface area contributed by atoms with Crippen molar-refractivity contribution >= 4 is 35.1 Å². The summed E-state index contributed by atoms with van der Waals surface area (Å²) >= 11 is 1.27. The minimum atomic E-state index is -0.744. The number of hydrogen-bond acceptors (Lipinski definition) is 5. The summed E-state index contributed by atoms with van der Waals surface area (Å²) in [6.07, 6.45) is 1.88. The summed E-state index contributed by atoms with van der Waals surface area (Å²) in [5, 5.41) is 2.49. The van der Waals surface area contributed by atoms with Gasteiger partial charge >= 0.3 is 18.0 Å². The second-order valence-corrected chi connectivity index (χ2v) is 8.45. The van der Waals surface area contributed by atoms with E-state index in [1.165, 1.54) is 16.2 Å². The molecule has 1 aromatic rings. The molecule has 4 amide bonds. The van der Waals surface area contributed by atoms with Gasteiger partial charge in [0.05, 0.1) is 12.2 Å². The van der Waals surface area contributed by atoms with Crippen molar-refractivity contribution < 1.29 is 19.1 Å². The Morgan fingerprint density at radius 2 is 1.96 bits per heavy atom. The SMILES string of the molecule is CC(C)(C)c1cc(NC(N)=O)c(C(=O)OC2CCCCN(C(N)=O)C2)s1. The Bertz CT molecular complexity index is 695. The first-order valence-corrected chi connectivity index (χ1v) is 9.35. The fourth-order valence-electron chi connectivity index (χ4n) is 2.74. The van der Waals surface area contributed by atoms with Gasteiger partial charge in [-0.2, -0.15) is 0 Å². The van der Waals surface area contributed by atoms with Gasteiger partial charge in [0.15, 0.2) is 0 Å². The number of esters is 1. The highest BCUT2D eigenvalue weighted by Crippen LogP contribution is 2.36. The number of anilines is 1. The highest BCUT2D eigenvalue weighted by Gasteiger charge is 2.28. The maximum atomic E-state index is 12.7. The van der Waals surface area contributed by atoms with Gasteiger partial charge in [-0.3, -0.25) is 0 Å². The van der Waals surface area contributed by atoms with Crippen molar-refractivity contribution in [2.45, 2.75) is 51.6 Å². The van der Waals surface area contributed by atoms with Gasteiger partial charge in [0.2, 0.25) is 0 Å². The molecular formula is C17H26N4O4S. The van der Waals surface area contributed by atoms with Gasteiger partial charge in [0.25, 0.3) is 0 Å². The van der Waals surface area contributed by atoms with Crippen molar-refractivity contribution in [2.24, 2.45) is 11.5 Å². The van der Waals surface area contributed by atoms with E-state index in [9.17, 15) is 14.4 Å². The molecule has 0 spiro atoms. The zero-order valence-electron chi connectivity index (χ0n) is 15.3. The van der Waals surface area contributed by atoms with Crippen LogP contribution in [0.4, 0.5) is 15.3 Å². The molecule has 26 heavy (non-hydrogen) atoms. The first-order chi connectivity index (χ1) is 12.1. The molecule has 1 aliphatic rings. The Labute approximate surface area is 156 Å². The van der Waals surface area contributed by atoms with Gasteiger partial charge in [0.1, 0.15) is 11.0 Å². The Kier molecular flexibility index (Phi) is 6.12. The summed E-state index contributed by atoms with van der Waals surface area (Å²) in [4.78, 5) is 38.1. The molecule has 2 heterocycles. The van der Waals surface area contributed by atoms with Crippen molar-refractivity contribution in [3.05, 3.63) is 15.8 Å². The monoisotopic (exact) mass is 382 g/mol. The Morgan fingerprint density at radius 3 is 2.54 bits per heavy atom. The number of hydrogen-bond donors (Lipinski definition) is 3. The molecule has 0 aromatic carbocycles. The van der Waals surface area contributed by atoms with Gasteiger partial charge in [-0.15, -0.1) is 11.3 Å². The molecule has 1 unspecified atom stereocenters. The molecule has 144 valence electrons. The van der Waals surface area contributed by atoms with E-state index in [4.69, 9.17) is 16.2 Å². The number of rotatable bonds is 3. The molecule has 0 bridgehead atoms. The lowest BCUT2D eigenvalue weighted by molar-refractivity contribution is 0.0247. The van der Waals surface area contributed by atoms with Crippen LogP contribution >= 0.6 is 11.3 Å². The minimum Gasteiger partial charge on any atom is -0.456 e. The second-order valence-electron chi connectivity index (χ2n) is 7.40. The molecule has 0 aliphatic carbocycles. The van der Waals surface area contributed by atoms with E-state index in [0.29, 0.717) is 23.5 Å². The van der Waals surface area contributed by atoms with Crippen LogP contribution in [0.2, 0.25) is 0 Å². The molecule has 2 rings (SSSR count). The van der Waals surface area contributed by atoms with E-state index in [1.807, 2.05) is 20.8 Å². The number of nitrogens with one attached hydrogen (secondary N) is 1. The first-order valence-electron chi connectivity index (χ1n) is 8.54. The fourth-order valence-corrected chi connectivity index (χ4v) is 3.80. The standard InChI is InChI=1S/C17H26N4O4S/c1-17(2,3)12-8-11(20-15(18)23)13(26-12)14(22)25-10-6-4-5-7-21(9-10)16(19)24/h8,10H,4-7,9H2,1-3H3,(H2,19,24)(H3,18,20,23). The van der Waals surface area contributed by atoms with Crippen molar-refractivity contribution in [1.82, 2.24) is 4.90 Å². The van der Waals surface area contributed by atoms with Gasteiger partial charge in [-0.05, 0) is 30.7 Å². The number of amides is 4. The van der Waals surface area contributed by atoms with Crippen molar-refractivity contribution in [2.75, 3.05) is 18.4 Å². The number of nitrogens with zero attached hydrogens (tertiary/aromatic N) is 1. The van der Waals surface area contributed by atoms with E-state index < -0.39 is 24.1 Å². The maximum Gasteiger partial charge on any atom is 0.350 e. The van der Waals surface area contributed by atoms with Crippen LogP contribution in [0.3, 0.4) is 0 Å². The average molecular weight is 382 g/mol. The summed E-state index contributed by atoms with van der Waals surface area (Å²) in [5.41, 5.74) is 10.7. The first kappa shape index (κ1) is 20.0. The summed E-state index contributed by atoms with van der Waals surface area (Å²) in [6, 6.07) is 0.483. The smallest absolute Gasteiger partial charge is 0.350 e. The van der Waals surface area contributed by atoms with Crippen molar-refractivity contribution in [1.29, 1.82) is 0 Å². The number of nitrogens with two attached hydrogens (primary N) is 2. The number of urea groups is 2. The molecule has 1 saturated heterocycles. The number of carbonyl (C=O) groups is 3. The lowest BCUT2D eigenvalue weighted by Gasteiger charge is -2.22. The molecule has 1 atom stereocenters. The van der Waals surface area contributed by atoms with Crippen LogP contribution in [0.1, 0.15) is 54.6 Å². The highest BCUT2D eigenvalue weighted by molar-refractivity contribution is 7.14. The van der Waals surface area contributed by atoms with Crippen LogP contribution in [-0.4, -0.2) is 42.1 Å². The Hall–Kier alpha value is -2.29. The summed E-state index contributed by atoms with van der Waals surface area (Å²) in [6.45, 7) is 6.87. The number of primary amides is 2. The number of carbonyl (C=O) groups excluding carboxylic acids is 3. The molecule has 8 nitrogen and oxygen atoms in total. The van der Waals surface area contributed by atoms with Crippen LogP contribution in [-0.2, 0) is 10.2 Å². The second kappa shape index (κ2) is 7.94. The molecule has 1 aliphatic heterocycles. The summed E-state index contributed by atoms with van der Waals surface area (Å²) in [5.74, 6) is -0.537. The number of thiophene rings is 1. The van der Waals surface area contributed by atoms with Crippen LogP contribution in [0.15, 0.2) is 6.07 Å². The maximum absolute atomic E-state index is 12.7. The van der Waals surface area contributed by atoms with Crippen LogP contribution in [0.5, 0.6) is 0 Å². The molecule has 1 aromatic heterocycles. The molecule has 0 radical (unpaired) electrons. The largest absolute Gasteiger partial charge is 0.456 e. The lowest BCUT2D eigenvalue weighted by Crippen LogP contribution is -2.41.